The van der Waals surface area contributed by atoms with Crippen molar-refractivity contribution in [1.82, 2.24) is 4.98 Å². The van der Waals surface area contributed by atoms with Crippen LogP contribution in [-0.2, 0) is 12.8 Å². The van der Waals surface area contributed by atoms with Crippen LogP contribution in [0, 0.1) is 0 Å². The van der Waals surface area contributed by atoms with Crippen molar-refractivity contribution < 1.29 is 0 Å². The third-order valence-corrected chi connectivity index (χ3v) is 3.89. The van der Waals surface area contributed by atoms with E-state index in [-0.39, 0.29) is 0 Å². The Hall–Kier alpha value is -2.19. The van der Waals surface area contributed by atoms with Crippen molar-refractivity contribution in [1.29, 1.82) is 0 Å². The molecule has 0 aliphatic heterocycles. The van der Waals surface area contributed by atoms with Crippen molar-refractivity contribution >= 4 is 17.0 Å². The molecule has 0 radical (unpaired) electrons. The summed E-state index contributed by atoms with van der Waals surface area (Å²) in [4.78, 5) is 6.30. The Bertz CT molecular complexity index is 690. The van der Waals surface area contributed by atoms with E-state index >= 15 is 0 Å². The normalized spacial score (nSPS) is 14.4. The summed E-state index contributed by atoms with van der Waals surface area (Å²) in [6, 6.07) is 6.56. The van der Waals surface area contributed by atoms with E-state index in [4.69, 9.17) is 5.53 Å². The Morgan fingerprint density at radius 1 is 1.30 bits per heavy atom. The number of nitrogens with zero attached hydrogens (tertiary/aromatic N) is 3. The van der Waals surface area contributed by atoms with Gasteiger partial charge >= 0.3 is 0 Å². The van der Waals surface area contributed by atoms with Crippen LogP contribution in [0.4, 0.5) is 0 Å². The van der Waals surface area contributed by atoms with E-state index in [1.54, 1.807) is 0 Å². The molecular formula is C16H18N4. The van der Waals surface area contributed by atoms with Crippen molar-refractivity contribution in [3.05, 3.63) is 51.5 Å². The summed E-state index contributed by atoms with van der Waals surface area (Å²) in [5.41, 5.74) is 13.6. The Morgan fingerprint density at radius 2 is 2.20 bits per heavy atom. The van der Waals surface area contributed by atoms with Crippen LogP contribution in [0.2, 0.25) is 0 Å². The maximum absolute atomic E-state index is 8.22. The summed E-state index contributed by atoms with van der Waals surface area (Å²) >= 11 is 0. The number of nitrogens with one attached hydrogen (secondary N) is 1. The van der Waals surface area contributed by atoms with Gasteiger partial charge in [-0.25, -0.2) is 0 Å². The Labute approximate surface area is 118 Å². The molecule has 0 saturated heterocycles. The van der Waals surface area contributed by atoms with Crippen LogP contribution in [0.5, 0.6) is 0 Å². The highest BCUT2D eigenvalue weighted by Crippen LogP contribution is 2.29. The molecule has 0 fully saturated rings. The monoisotopic (exact) mass is 266 g/mol. The summed E-state index contributed by atoms with van der Waals surface area (Å²) in [7, 11) is 0. The van der Waals surface area contributed by atoms with Crippen LogP contribution in [0.15, 0.2) is 29.4 Å². The molecule has 4 heteroatoms. The van der Waals surface area contributed by atoms with Gasteiger partial charge < -0.3 is 4.98 Å². The van der Waals surface area contributed by atoms with Crippen LogP contribution in [0.3, 0.4) is 0 Å². The minimum Gasteiger partial charge on any atom is -0.358 e. The third kappa shape index (κ3) is 2.56. The summed E-state index contributed by atoms with van der Waals surface area (Å²) < 4.78 is 0. The van der Waals surface area contributed by atoms with E-state index < -0.39 is 0 Å². The molecule has 1 aromatic carbocycles. The molecule has 0 spiro atoms. The van der Waals surface area contributed by atoms with Gasteiger partial charge in [0, 0.05) is 28.1 Å². The summed E-state index contributed by atoms with van der Waals surface area (Å²) in [6.07, 6.45) is 9.93. The molecular weight excluding hydrogens is 248 g/mol. The lowest BCUT2D eigenvalue weighted by atomic mass is 9.95. The van der Waals surface area contributed by atoms with Crippen LogP contribution in [0.1, 0.15) is 36.1 Å². The second kappa shape index (κ2) is 5.85. The lowest BCUT2D eigenvalue weighted by molar-refractivity contribution is 0.680. The van der Waals surface area contributed by atoms with Crippen molar-refractivity contribution in [3.63, 3.8) is 0 Å². The fourth-order valence-electron chi connectivity index (χ4n) is 2.92. The molecule has 1 N–H and O–H groups in total. The van der Waals surface area contributed by atoms with Crippen LogP contribution < -0.4 is 0 Å². The SMILES string of the molecule is [N-]=[N+]=NCCC=Cc1ccc2[nH]c3c(c2c1)CCCC3. The first-order valence-corrected chi connectivity index (χ1v) is 7.19. The molecule has 102 valence electrons. The molecule has 0 saturated carbocycles. The van der Waals surface area contributed by atoms with E-state index in [0.29, 0.717) is 6.54 Å². The molecule has 0 unspecified atom stereocenters. The number of rotatable bonds is 4. The molecule has 4 nitrogen and oxygen atoms in total. The predicted octanol–water partition coefficient (Wildman–Crippen LogP) is 4.76. The first-order chi connectivity index (χ1) is 9.88. The fourth-order valence-corrected chi connectivity index (χ4v) is 2.92. The second-order valence-electron chi connectivity index (χ2n) is 5.24. The highest BCUT2D eigenvalue weighted by molar-refractivity contribution is 5.87. The van der Waals surface area contributed by atoms with Gasteiger partial charge in [-0.1, -0.05) is 23.3 Å². The number of azide groups is 1. The number of aromatic nitrogens is 1. The van der Waals surface area contributed by atoms with E-state index in [1.165, 1.54) is 53.4 Å². The van der Waals surface area contributed by atoms with Crippen LogP contribution in [0.25, 0.3) is 27.4 Å². The summed E-state index contributed by atoms with van der Waals surface area (Å²) in [6.45, 7) is 0.523. The molecule has 1 heterocycles. The van der Waals surface area contributed by atoms with Crippen molar-refractivity contribution in [2.75, 3.05) is 6.54 Å². The first kappa shape index (κ1) is 12.8. The average molecular weight is 266 g/mol. The standard InChI is InChI=1S/C16H18N4/c17-20-18-10-4-3-5-12-8-9-16-14(11-12)13-6-1-2-7-15(13)19-16/h3,5,8-9,11,19H,1-2,4,6-7,10H2. The quantitative estimate of drug-likeness (QED) is 0.359. The van der Waals surface area contributed by atoms with Crippen molar-refractivity contribution in [3.8, 4) is 0 Å². The van der Waals surface area contributed by atoms with E-state index in [1.807, 2.05) is 0 Å². The summed E-state index contributed by atoms with van der Waals surface area (Å²) in [5, 5.41) is 4.90. The van der Waals surface area contributed by atoms with E-state index in [2.05, 4.69) is 45.4 Å². The lowest BCUT2D eigenvalue weighted by Gasteiger charge is -2.10. The Balaban J connectivity index is 1.84. The van der Waals surface area contributed by atoms with E-state index in [0.717, 1.165) is 6.42 Å². The molecule has 1 aliphatic rings. The summed E-state index contributed by atoms with van der Waals surface area (Å²) in [5.74, 6) is 0. The fraction of sp³-hybridized carbons (Fsp3) is 0.375. The number of fused-ring (bicyclic) bond motifs is 3. The smallest absolute Gasteiger partial charge is 0.0459 e. The van der Waals surface area contributed by atoms with E-state index in [9.17, 15) is 0 Å². The molecule has 1 aromatic heterocycles. The van der Waals surface area contributed by atoms with Gasteiger partial charge in [0.05, 0.1) is 0 Å². The molecule has 0 atom stereocenters. The maximum Gasteiger partial charge on any atom is 0.0459 e. The zero-order chi connectivity index (χ0) is 13.8. The lowest BCUT2D eigenvalue weighted by Crippen LogP contribution is -1.99. The molecule has 20 heavy (non-hydrogen) atoms. The zero-order valence-electron chi connectivity index (χ0n) is 11.5. The number of hydrogen-bond donors (Lipinski definition) is 1. The van der Waals surface area contributed by atoms with Gasteiger partial charge in [-0.3, -0.25) is 0 Å². The molecule has 0 bridgehead atoms. The van der Waals surface area contributed by atoms with Crippen LogP contribution in [-0.4, -0.2) is 11.5 Å². The number of aryl methyl sites for hydroxylation is 2. The number of benzene rings is 1. The van der Waals surface area contributed by atoms with Gasteiger partial charge in [0.15, 0.2) is 0 Å². The Morgan fingerprint density at radius 3 is 3.10 bits per heavy atom. The maximum atomic E-state index is 8.22. The highest BCUT2D eigenvalue weighted by Gasteiger charge is 2.14. The minimum atomic E-state index is 0.523. The second-order valence-corrected chi connectivity index (χ2v) is 5.24. The molecule has 0 amide bonds. The largest absolute Gasteiger partial charge is 0.358 e. The number of H-pyrrole nitrogens is 1. The van der Waals surface area contributed by atoms with Crippen molar-refractivity contribution in [2.45, 2.75) is 32.1 Å². The van der Waals surface area contributed by atoms with Gasteiger partial charge in [-0.05, 0) is 60.9 Å². The van der Waals surface area contributed by atoms with Gasteiger partial charge in [-0.2, -0.15) is 0 Å². The first-order valence-electron chi connectivity index (χ1n) is 7.19. The number of aromatic amines is 1. The predicted molar refractivity (Wildman–Crippen MR) is 82.6 cm³/mol. The van der Waals surface area contributed by atoms with Gasteiger partial charge in [0.25, 0.3) is 0 Å². The zero-order valence-corrected chi connectivity index (χ0v) is 11.5. The van der Waals surface area contributed by atoms with Crippen molar-refractivity contribution in [2.24, 2.45) is 5.11 Å². The minimum absolute atomic E-state index is 0.523. The number of hydrogen-bond acceptors (Lipinski definition) is 1. The van der Waals surface area contributed by atoms with Gasteiger partial charge in [-0.15, -0.1) is 0 Å². The molecule has 1 aliphatic carbocycles. The van der Waals surface area contributed by atoms with Gasteiger partial charge in [0.2, 0.25) is 0 Å². The van der Waals surface area contributed by atoms with Gasteiger partial charge in [0.1, 0.15) is 0 Å². The average Bonchev–Trinajstić information content (AvgIpc) is 2.85. The topological polar surface area (TPSA) is 64.6 Å². The Kier molecular flexibility index (Phi) is 3.75. The third-order valence-electron chi connectivity index (χ3n) is 3.89. The van der Waals surface area contributed by atoms with Crippen LogP contribution >= 0.6 is 0 Å². The molecule has 3 rings (SSSR count). The molecule has 2 aromatic rings. The highest BCUT2D eigenvalue weighted by atomic mass is 15.1.